The molecule has 0 aliphatic carbocycles. The SMILES string of the molecule is CCc1cc(N2C[C@H]3CC[C@@H](C2)N3C)ccc1Nc1ncc(C(F)F)c(NCCCN2CCCC2=O)n1. The van der Waals surface area contributed by atoms with Gasteiger partial charge in [-0.3, -0.25) is 9.69 Å². The van der Waals surface area contributed by atoms with E-state index < -0.39 is 6.43 Å². The minimum absolute atomic E-state index is 0.128. The highest BCUT2D eigenvalue weighted by Gasteiger charge is 2.37. The number of hydrogen-bond donors (Lipinski definition) is 2. The molecule has 37 heavy (non-hydrogen) atoms. The Hall–Kier alpha value is -3.01. The van der Waals surface area contributed by atoms with Crippen molar-refractivity contribution in [3.63, 3.8) is 0 Å². The summed E-state index contributed by atoms with van der Waals surface area (Å²) < 4.78 is 27.2. The van der Waals surface area contributed by atoms with Crippen LogP contribution in [0.3, 0.4) is 0 Å². The first-order valence-electron chi connectivity index (χ1n) is 13.5. The Morgan fingerprint density at radius 2 is 1.97 bits per heavy atom. The molecule has 1 amide bonds. The van der Waals surface area contributed by atoms with E-state index in [0.29, 0.717) is 38.0 Å². The van der Waals surface area contributed by atoms with Crippen LogP contribution >= 0.6 is 0 Å². The van der Waals surface area contributed by atoms with Crippen LogP contribution in [-0.4, -0.2) is 77.5 Å². The van der Waals surface area contributed by atoms with Gasteiger partial charge in [0.2, 0.25) is 11.9 Å². The summed E-state index contributed by atoms with van der Waals surface area (Å²) in [6.45, 7) is 6.03. The maximum absolute atomic E-state index is 13.6. The molecule has 1 aromatic heterocycles. The molecule has 3 fully saturated rings. The fourth-order valence-electron chi connectivity index (χ4n) is 5.81. The van der Waals surface area contributed by atoms with Gasteiger partial charge in [-0.05, 0) is 62.9 Å². The number of nitrogens with zero attached hydrogens (tertiary/aromatic N) is 5. The molecule has 2 bridgehead atoms. The second-order valence-electron chi connectivity index (χ2n) is 10.3. The van der Waals surface area contributed by atoms with Gasteiger partial charge >= 0.3 is 0 Å². The average molecular weight is 514 g/mol. The Morgan fingerprint density at radius 3 is 2.65 bits per heavy atom. The maximum Gasteiger partial charge on any atom is 0.268 e. The molecule has 3 aliphatic heterocycles. The molecule has 10 heteroatoms. The Balaban J connectivity index is 1.26. The smallest absolute Gasteiger partial charge is 0.268 e. The molecule has 200 valence electrons. The summed E-state index contributed by atoms with van der Waals surface area (Å²) in [5, 5.41) is 6.29. The lowest BCUT2D eigenvalue weighted by molar-refractivity contribution is -0.127. The van der Waals surface area contributed by atoms with Crippen LogP contribution in [0.1, 0.15) is 56.6 Å². The molecule has 2 aromatic rings. The Labute approximate surface area is 217 Å². The summed E-state index contributed by atoms with van der Waals surface area (Å²) in [7, 11) is 2.24. The van der Waals surface area contributed by atoms with Crippen LogP contribution in [0.5, 0.6) is 0 Å². The van der Waals surface area contributed by atoms with Gasteiger partial charge in [-0.15, -0.1) is 0 Å². The minimum atomic E-state index is -2.68. The number of amides is 1. The van der Waals surface area contributed by atoms with Crippen molar-refractivity contribution in [2.45, 2.75) is 64.0 Å². The first-order chi connectivity index (χ1) is 17.9. The molecule has 0 radical (unpaired) electrons. The molecule has 3 saturated heterocycles. The van der Waals surface area contributed by atoms with Crippen molar-refractivity contribution in [1.82, 2.24) is 19.8 Å². The molecule has 2 N–H and O–H groups in total. The topological polar surface area (TPSA) is 76.6 Å². The first-order valence-corrected chi connectivity index (χ1v) is 13.5. The van der Waals surface area contributed by atoms with E-state index in [0.717, 1.165) is 43.7 Å². The zero-order valence-corrected chi connectivity index (χ0v) is 21.7. The molecule has 2 atom stereocenters. The summed E-state index contributed by atoms with van der Waals surface area (Å²) in [4.78, 5) is 27.2. The monoisotopic (exact) mass is 513 g/mol. The fraction of sp³-hybridized carbons (Fsp3) is 0.593. The molecule has 3 aliphatic rings. The van der Waals surface area contributed by atoms with Gasteiger partial charge in [-0.25, -0.2) is 13.8 Å². The van der Waals surface area contributed by atoms with Gasteiger partial charge in [0.15, 0.2) is 0 Å². The van der Waals surface area contributed by atoms with Gasteiger partial charge in [-0.1, -0.05) is 6.92 Å². The van der Waals surface area contributed by atoms with Crippen molar-refractivity contribution in [1.29, 1.82) is 0 Å². The number of carbonyl (C=O) groups is 1. The van der Waals surface area contributed by atoms with Gasteiger partial charge in [0.1, 0.15) is 5.82 Å². The lowest BCUT2D eigenvalue weighted by atomic mass is 10.1. The second-order valence-corrected chi connectivity index (χ2v) is 10.3. The number of aryl methyl sites for hydroxylation is 1. The second kappa shape index (κ2) is 11.2. The third-order valence-electron chi connectivity index (χ3n) is 8.05. The Morgan fingerprint density at radius 1 is 1.19 bits per heavy atom. The number of hydrogen-bond acceptors (Lipinski definition) is 7. The van der Waals surface area contributed by atoms with Gasteiger partial charge < -0.3 is 20.4 Å². The van der Waals surface area contributed by atoms with Gasteiger partial charge in [0, 0.05) is 68.8 Å². The number of anilines is 4. The number of aromatic nitrogens is 2. The number of likely N-dealkylation sites (tertiary alicyclic amines) is 1. The largest absolute Gasteiger partial charge is 0.369 e. The number of rotatable bonds is 10. The summed E-state index contributed by atoms with van der Waals surface area (Å²) in [5.41, 5.74) is 3.01. The predicted octanol–water partition coefficient (Wildman–Crippen LogP) is 4.43. The highest BCUT2D eigenvalue weighted by atomic mass is 19.3. The van der Waals surface area contributed by atoms with E-state index >= 15 is 0 Å². The number of carbonyl (C=O) groups excluding carboxylic acids is 1. The average Bonchev–Trinajstić information content (AvgIpc) is 3.37. The van der Waals surface area contributed by atoms with E-state index in [1.165, 1.54) is 24.7 Å². The fourth-order valence-corrected chi connectivity index (χ4v) is 5.81. The normalized spacial score (nSPS) is 21.8. The third-order valence-corrected chi connectivity index (χ3v) is 8.05. The minimum Gasteiger partial charge on any atom is -0.369 e. The van der Waals surface area contributed by atoms with Crippen molar-refractivity contribution in [2.24, 2.45) is 0 Å². The van der Waals surface area contributed by atoms with Crippen molar-refractivity contribution in [3.8, 4) is 0 Å². The quantitative estimate of drug-likeness (QED) is 0.455. The predicted molar refractivity (Wildman–Crippen MR) is 142 cm³/mol. The third kappa shape index (κ3) is 5.63. The summed E-state index contributed by atoms with van der Waals surface area (Å²) in [5.74, 6) is 0.573. The van der Waals surface area contributed by atoms with Crippen LogP contribution in [0, 0.1) is 0 Å². The van der Waals surface area contributed by atoms with E-state index in [2.05, 4.69) is 56.5 Å². The van der Waals surface area contributed by atoms with Crippen LogP contribution in [0.25, 0.3) is 0 Å². The zero-order chi connectivity index (χ0) is 25.9. The number of nitrogens with one attached hydrogen (secondary N) is 2. The van der Waals surface area contributed by atoms with Crippen LogP contribution in [0.15, 0.2) is 24.4 Å². The van der Waals surface area contributed by atoms with E-state index in [1.54, 1.807) is 0 Å². The Kier molecular flexibility index (Phi) is 7.73. The molecule has 5 rings (SSSR count). The molecule has 8 nitrogen and oxygen atoms in total. The molecule has 0 saturated carbocycles. The van der Waals surface area contributed by atoms with Crippen LogP contribution in [-0.2, 0) is 11.2 Å². The van der Waals surface area contributed by atoms with E-state index in [9.17, 15) is 13.6 Å². The van der Waals surface area contributed by atoms with Gasteiger partial charge in [0.25, 0.3) is 6.43 Å². The highest BCUT2D eigenvalue weighted by molar-refractivity contribution is 5.78. The van der Waals surface area contributed by atoms with Crippen LogP contribution in [0.2, 0.25) is 0 Å². The zero-order valence-electron chi connectivity index (χ0n) is 21.7. The number of alkyl halides is 2. The van der Waals surface area contributed by atoms with Crippen molar-refractivity contribution in [3.05, 3.63) is 35.5 Å². The van der Waals surface area contributed by atoms with E-state index in [4.69, 9.17) is 0 Å². The number of benzene rings is 1. The molecular weight excluding hydrogens is 476 g/mol. The maximum atomic E-state index is 13.6. The van der Waals surface area contributed by atoms with Crippen LogP contribution < -0.4 is 15.5 Å². The highest BCUT2D eigenvalue weighted by Crippen LogP contribution is 2.34. The molecule has 0 spiro atoms. The molecule has 0 unspecified atom stereocenters. The van der Waals surface area contributed by atoms with Gasteiger partial charge in [0.05, 0.1) is 5.56 Å². The first kappa shape index (κ1) is 25.6. The Bertz CT molecular complexity index is 1100. The van der Waals surface area contributed by atoms with E-state index in [-0.39, 0.29) is 23.2 Å². The number of piperazine rings is 1. The number of likely N-dealkylation sites (N-methyl/N-ethyl adjacent to an activating group) is 1. The summed E-state index contributed by atoms with van der Waals surface area (Å²) >= 11 is 0. The summed E-state index contributed by atoms with van der Waals surface area (Å²) in [6.07, 6.45) is 4.00. The lowest BCUT2D eigenvalue weighted by Crippen LogP contribution is -2.52. The molecule has 1 aromatic carbocycles. The molecular formula is C27H37F2N7O. The van der Waals surface area contributed by atoms with Crippen molar-refractivity contribution < 1.29 is 13.6 Å². The van der Waals surface area contributed by atoms with Crippen molar-refractivity contribution in [2.75, 3.05) is 55.3 Å². The molecule has 4 heterocycles. The van der Waals surface area contributed by atoms with Crippen LogP contribution in [0.4, 0.5) is 31.9 Å². The van der Waals surface area contributed by atoms with Gasteiger partial charge in [-0.2, -0.15) is 4.98 Å². The van der Waals surface area contributed by atoms with Crippen molar-refractivity contribution >= 4 is 29.0 Å². The van der Waals surface area contributed by atoms with E-state index in [1.807, 2.05) is 11.0 Å². The lowest BCUT2D eigenvalue weighted by Gasteiger charge is -2.40. The number of halogens is 2. The number of fused-ring (bicyclic) bond motifs is 2. The summed E-state index contributed by atoms with van der Waals surface area (Å²) in [6, 6.07) is 7.62. The standard InChI is InChI=1S/C27H37F2N7O/c1-3-18-14-19(36-16-20-7-8-21(17-36)34(20)2)9-10-23(18)32-27-31-15-22(25(28)29)26(33-27)30-11-5-13-35-12-4-6-24(35)37/h9-10,14-15,20-21,25H,3-8,11-13,16-17H2,1-2H3,(H2,30,31,32,33)/t20-,21+.